The van der Waals surface area contributed by atoms with E-state index in [0.29, 0.717) is 6.54 Å². The lowest BCUT2D eigenvalue weighted by Crippen LogP contribution is -2.23. The number of hydrogen-bond donors (Lipinski definition) is 1. The molecule has 1 aliphatic rings. The van der Waals surface area contributed by atoms with Crippen LogP contribution in [0.3, 0.4) is 0 Å². The van der Waals surface area contributed by atoms with Gasteiger partial charge >= 0.3 is 0 Å². The second-order valence-corrected chi connectivity index (χ2v) is 4.94. The topological polar surface area (TPSA) is 29.1 Å². The minimum absolute atomic E-state index is 0.204. The highest BCUT2D eigenvalue weighted by Crippen LogP contribution is 2.22. The van der Waals surface area contributed by atoms with Crippen molar-refractivity contribution in [2.24, 2.45) is 0 Å². The van der Waals surface area contributed by atoms with Crippen LogP contribution in [0.5, 0.6) is 0 Å². The Kier molecular flexibility index (Phi) is 4.32. The van der Waals surface area contributed by atoms with Gasteiger partial charge < -0.3 is 5.32 Å². The summed E-state index contributed by atoms with van der Waals surface area (Å²) in [5.74, 6) is 0.204. The molecule has 0 fully saturated rings. The van der Waals surface area contributed by atoms with Gasteiger partial charge in [-0.1, -0.05) is 18.2 Å². The maximum Gasteiger partial charge on any atom is 0.143 e. The van der Waals surface area contributed by atoms with Crippen molar-refractivity contribution in [1.29, 1.82) is 0 Å². The fraction of sp³-hybridized carbons (Fsp3) is 0.533. The van der Waals surface area contributed by atoms with Crippen LogP contribution in [0, 0.1) is 0 Å². The van der Waals surface area contributed by atoms with Gasteiger partial charge in [0.2, 0.25) is 0 Å². The third kappa shape index (κ3) is 3.67. The standard InChI is InChI=1S/C15H21NO/c1-12(17)11-16-9-8-13-6-7-14-4-2-3-5-15(14)10-13/h6-7,10,16H,2-5,8-9,11H2,1H3. The molecule has 0 amide bonds. The SMILES string of the molecule is CC(=O)CNCCc1ccc2c(c1)CCCC2. The molecule has 0 unspecified atom stereocenters. The summed E-state index contributed by atoms with van der Waals surface area (Å²) in [7, 11) is 0. The number of fused-ring (bicyclic) bond motifs is 1. The Morgan fingerprint density at radius 1 is 1.24 bits per heavy atom. The summed E-state index contributed by atoms with van der Waals surface area (Å²) in [5.41, 5.74) is 4.47. The van der Waals surface area contributed by atoms with Crippen molar-refractivity contribution in [1.82, 2.24) is 5.32 Å². The first-order chi connectivity index (χ1) is 8.25. The number of ketones is 1. The Morgan fingerprint density at radius 2 is 2.00 bits per heavy atom. The molecule has 0 bridgehead atoms. The number of hydrogen-bond acceptors (Lipinski definition) is 2. The summed E-state index contributed by atoms with van der Waals surface area (Å²) in [5, 5.41) is 3.16. The average molecular weight is 231 g/mol. The smallest absolute Gasteiger partial charge is 0.143 e. The van der Waals surface area contributed by atoms with Crippen LogP contribution in [0.15, 0.2) is 18.2 Å². The van der Waals surface area contributed by atoms with E-state index in [-0.39, 0.29) is 5.78 Å². The summed E-state index contributed by atoms with van der Waals surface area (Å²) < 4.78 is 0. The fourth-order valence-electron chi connectivity index (χ4n) is 2.44. The molecule has 17 heavy (non-hydrogen) atoms. The molecule has 0 aromatic heterocycles. The molecular weight excluding hydrogens is 210 g/mol. The predicted molar refractivity (Wildman–Crippen MR) is 70.3 cm³/mol. The van der Waals surface area contributed by atoms with E-state index in [9.17, 15) is 4.79 Å². The molecule has 0 saturated carbocycles. The Labute approximate surface area is 103 Å². The Bertz CT molecular complexity index is 398. The molecule has 0 saturated heterocycles. The number of rotatable bonds is 5. The Balaban J connectivity index is 1.86. The highest BCUT2D eigenvalue weighted by atomic mass is 16.1. The number of nitrogens with one attached hydrogen (secondary N) is 1. The third-order valence-corrected chi connectivity index (χ3v) is 3.38. The first-order valence-corrected chi connectivity index (χ1v) is 6.56. The summed E-state index contributed by atoms with van der Waals surface area (Å²) in [6.07, 6.45) is 6.17. The Morgan fingerprint density at radius 3 is 2.76 bits per heavy atom. The van der Waals surface area contributed by atoms with Crippen LogP contribution < -0.4 is 5.32 Å². The third-order valence-electron chi connectivity index (χ3n) is 3.38. The summed E-state index contributed by atoms with van der Waals surface area (Å²) in [6.45, 7) is 3.00. The van der Waals surface area contributed by atoms with Crippen molar-refractivity contribution in [2.45, 2.75) is 39.0 Å². The largest absolute Gasteiger partial charge is 0.310 e. The van der Waals surface area contributed by atoms with Crippen LogP contribution in [0.1, 0.15) is 36.5 Å². The van der Waals surface area contributed by atoms with Crippen molar-refractivity contribution in [3.05, 3.63) is 34.9 Å². The highest BCUT2D eigenvalue weighted by Gasteiger charge is 2.09. The molecular formula is C15H21NO. The first kappa shape index (κ1) is 12.3. The number of Topliss-reactive ketones (excluding diaryl/α,β-unsaturated/α-hetero) is 1. The second-order valence-electron chi connectivity index (χ2n) is 4.94. The molecule has 1 aliphatic carbocycles. The highest BCUT2D eigenvalue weighted by molar-refractivity contribution is 5.77. The molecule has 0 atom stereocenters. The fourth-order valence-corrected chi connectivity index (χ4v) is 2.44. The number of carbonyl (C=O) groups excluding carboxylic acids is 1. The molecule has 0 heterocycles. The minimum atomic E-state index is 0.204. The lowest BCUT2D eigenvalue weighted by molar-refractivity contribution is -0.116. The van der Waals surface area contributed by atoms with Crippen molar-refractivity contribution in [3.8, 4) is 0 Å². The lowest BCUT2D eigenvalue weighted by atomic mass is 9.90. The molecule has 1 aromatic rings. The zero-order chi connectivity index (χ0) is 12.1. The van der Waals surface area contributed by atoms with Gasteiger partial charge in [-0.05, 0) is 62.3 Å². The van der Waals surface area contributed by atoms with Crippen LogP contribution in [-0.2, 0) is 24.1 Å². The molecule has 0 radical (unpaired) electrons. The van der Waals surface area contributed by atoms with Crippen LogP contribution in [0.2, 0.25) is 0 Å². The van der Waals surface area contributed by atoms with Crippen molar-refractivity contribution < 1.29 is 4.79 Å². The Hall–Kier alpha value is -1.15. The molecule has 2 nitrogen and oxygen atoms in total. The van der Waals surface area contributed by atoms with Gasteiger partial charge in [-0.25, -0.2) is 0 Å². The van der Waals surface area contributed by atoms with Crippen molar-refractivity contribution in [2.75, 3.05) is 13.1 Å². The van der Waals surface area contributed by atoms with E-state index in [4.69, 9.17) is 0 Å². The van der Waals surface area contributed by atoms with E-state index in [1.54, 1.807) is 12.5 Å². The maximum absolute atomic E-state index is 10.8. The van der Waals surface area contributed by atoms with Crippen LogP contribution in [0.25, 0.3) is 0 Å². The van der Waals surface area contributed by atoms with Gasteiger partial charge in [0, 0.05) is 0 Å². The van der Waals surface area contributed by atoms with Crippen LogP contribution in [0.4, 0.5) is 0 Å². The van der Waals surface area contributed by atoms with Gasteiger partial charge in [-0.2, -0.15) is 0 Å². The van der Waals surface area contributed by atoms with Crippen molar-refractivity contribution >= 4 is 5.78 Å². The second kappa shape index (κ2) is 5.97. The normalized spacial score (nSPS) is 14.4. The molecule has 0 aliphatic heterocycles. The average Bonchev–Trinajstić information content (AvgIpc) is 2.34. The minimum Gasteiger partial charge on any atom is -0.310 e. The zero-order valence-electron chi connectivity index (χ0n) is 10.6. The van der Waals surface area contributed by atoms with E-state index < -0.39 is 0 Å². The van der Waals surface area contributed by atoms with Gasteiger partial charge in [0.25, 0.3) is 0 Å². The van der Waals surface area contributed by atoms with Gasteiger partial charge in [0.1, 0.15) is 5.78 Å². The maximum atomic E-state index is 10.8. The van der Waals surface area contributed by atoms with Gasteiger partial charge in [-0.3, -0.25) is 4.79 Å². The number of carbonyl (C=O) groups is 1. The van der Waals surface area contributed by atoms with E-state index >= 15 is 0 Å². The first-order valence-electron chi connectivity index (χ1n) is 6.56. The van der Waals surface area contributed by atoms with E-state index in [0.717, 1.165) is 13.0 Å². The number of aryl methyl sites for hydroxylation is 2. The van der Waals surface area contributed by atoms with E-state index in [2.05, 4.69) is 23.5 Å². The quantitative estimate of drug-likeness (QED) is 0.788. The van der Waals surface area contributed by atoms with Crippen LogP contribution >= 0.6 is 0 Å². The van der Waals surface area contributed by atoms with Gasteiger partial charge in [-0.15, -0.1) is 0 Å². The molecule has 0 spiro atoms. The predicted octanol–water partition coefficient (Wildman–Crippen LogP) is 2.29. The van der Waals surface area contributed by atoms with Gasteiger partial charge in [0.05, 0.1) is 6.54 Å². The molecule has 2 rings (SSSR count). The zero-order valence-corrected chi connectivity index (χ0v) is 10.6. The summed E-state index contributed by atoms with van der Waals surface area (Å²) in [4.78, 5) is 10.8. The van der Waals surface area contributed by atoms with E-state index in [1.165, 1.54) is 36.8 Å². The van der Waals surface area contributed by atoms with Crippen molar-refractivity contribution in [3.63, 3.8) is 0 Å². The molecule has 1 aromatic carbocycles. The van der Waals surface area contributed by atoms with E-state index in [1.807, 2.05) is 0 Å². The van der Waals surface area contributed by atoms with Crippen LogP contribution in [-0.4, -0.2) is 18.9 Å². The molecule has 92 valence electrons. The summed E-state index contributed by atoms with van der Waals surface area (Å²) >= 11 is 0. The molecule has 1 N–H and O–H groups in total. The summed E-state index contributed by atoms with van der Waals surface area (Å²) in [6, 6.07) is 6.87. The monoisotopic (exact) mass is 231 g/mol. The number of benzene rings is 1. The lowest BCUT2D eigenvalue weighted by Gasteiger charge is -2.16. The van der Waals surface area contributed by atoms with Gasteiger partial charge in [0.15, 0.2) is 0 Å². The molecule has 2 heteroatoms.